The normalized spacial score (nSPS) is 14.3. The van der Waals surface area contributed by atoms with Crippen LogP contribution in [0.2, 0.25) is 5.02 Å². The van der Waals surface area contributed by atoms with Crippen LogP contribution in [0.4, 0.5) is 13.2 Å². The third-order valence-electron chi connectivity index (χ3n) is 4.00. The minimum Gasteiger partial charge on any atom is -0.289 e. The van der Waals surface area contributed by atoms with E-state index in [0.29, 0.717) is 17.9 Å². The highest BCUT2D eigenvalue weighted by Gasteiger charge is 2.29. The summed E-state index contributed by atoms with van der Waals surface area (Å²) in [5.74, 6) is 0. The smallest absolute Gasteiger partial charge is 0.289 e. The summed E-state index contributed by atoms with van der Waals surface area (Å²) in [5, 5.41) is 0.674. The predicted molar refractivity (Wildman–Crippen MR) is 86.3 cm³/mol. The lowest BCUT2D eigenvalue weighted by Gasteiger charge is -2.17. The number of benzene rings is 2. The molecule has 0 saturated carbocycles. The molecular formula is C18H15ClF3N. The highest BCUT2D eigenvalue weighted by molar-refractivity contribution is 6.31. The molecule has 120 valence electrons. The zero-order valence-corrected chi connectivity index (χ0v) is 13.1. The second-order valence-electron chi connectivity index (χ2n) is 5.57. The monoisotopic (exact) mass is 337 g/mol. The number of rotatable bonds is 3. The Morgan fingerprint density at radius 3 is 2.43 bits per heavy atom. The van der Waals surface area contributed by atoms with Crippen molar-refractivity contribution in [3.8, 4) is 0 Å². The van der Waals surface area contributed by atoms with Crippen molar-refractivity contribution in [2.75, 3.05) is 6.54 Å². The van der Waals surface area contributed by atoms with E-state index < -0.39 is 11.7 Å². The Morgan fingerprint density at radius 2 is 1.74 bits per heavy atom. The van der Waals surface area contributed by atoms with Crippen LogP contribution < -0.4 is 0 Å². The molecule has 3 rings (SSSR count). The van der Waals surface area contributed by atoms with Gasteiger partial charge in [-0.05, 0) is 54.7 Å². The van der Waals surface area contributed by atoms with Crippen LogP contribution in [0.25, 0.3) is 0 Å². The first-order valence-corrected chi connectivity index (χ1v) is 7.79. The molecule has 0 aromatic heterocycles. The molecule has 5 heteroatoms. The number of aryl methyl sites for hydroxylation is 1. The van der Waals surface area contributed by atoms with Crippen molar-refractivity contribution in [2.24, 2.45) is 4.99 Å². The van der Waals surface area contributed by atoms with Crippen LogP contribution in [-0.4, -0.2) is 12.3 Å². The summed E-state index contributed by atoms with van der Waals surface area (Å²) >= 11 is 6.06. The molecule has 0 fully saturated rings. The number of hydrogen-bond acceptors (Lipinski definition) is 1. The number of fused-ring (bicyclic) bond motifs is 1. The maximum absolute atomic E-state index is 12.6. The molecule has 23 heavy (non-hydrogen) atoms. The fourth-order valence-electron chi connectivity index (χ4n) is 2.77. The largest absolute Gasteiger partial charge is 0.416 e. The second kappa shape index (κ2) is 6.36. The molecule has 0 amide bonds. The quantitative estimate of drug-likeness (QED) is 0.717. The van der Waals surface area contributed by atoms with Crippen molar-refractivity contribution in [3.05, 3.63) is 69.7 Å². The van der Waals surface area contributed by atoms with E-state index in [4.69, 9.17) is 11.6 Å². The molecule has 2 aromatic carbocycles. The molecular weight excluding hydrogens is 323 g/mol. The second-order valence-corrected chi connectivity index (χ2v) is 6.01. The number of alkyl halides is 3. The van der Waals surface area contributed by atoms with Crippen molar-refractivity contribution in [1.29, 1.82) is 0 Å². The average Bonchev–Trinajstić information content (AvgIpc) is 2.52. The zero-order chi connectivity index (χ0) is 16.4. The molecule has 1 heterocycles. The predicted octanol–water partition coefficient (Wildman–Crippen LogP) is 5.34. The van der Waals surface area contributed by atoms with Gasteiger partial charge >= 0.3 is 6.18 Å². The van der Waals surface area contributed by atoms with Gasteiger partial charge in [-0.15, -0.1) is 0 Å². The first-order chi connectivity index (χ1) is 10.9. The Hall–Kier alpha value is -1.81. The minimum atomic E-state index is -4.29. The molecule has 0 saturated heterocycles. The average molecular weight is 338 g/mol. The first kappa shape index (κ1) is 16.1. The summed E-state index contributed by atoms with van der Waals surface area (Å²) in [5.41, 5.74) is 3.53. The van der Waals surface area contributed by atoms with E-state index in [1.807, 2.05) is 18.2 Å². The van der Waals surface area contributed by atoms with Gasteiger partial charge in [0, 0.05) is 22.8 Å². The van der Waals surface area contributed by atoms with Crippen LogP contribution in [0, 0.1) is 0 Å². The van der Waals surface area contributed by atoms with Gasteiger partial charge in [0.2, 0.25) is 0 Å². The minimum absolute atomic E-state index is 0.617. The summed E-state index contributed by atoms with van der Waals surface area (Å²) in [6.07, 6.45) is -2.04. The van der Waals surface area contributed by atoms with Crippen LogP contribution in [-0.2, 0) is 19.0 Å². The summed E-state index contributed by atoms with van der Waals surface area (Å²) in [4.78, 5) is 4.56. The fourth-order valence-corrected chi connectivity index (χ4v) is 2.94. The third kappa shape index (κ3) is 3.75. The third-order valence-corrected chi connectivity index (χ3v) is 4.23. The van der Waals surface area contributed by atoms with Gasteiger partial charge in [0.1, 0.15) is 0 Å². The Morgan fingerprint density at radius 1 is 1.00 bits per heavy atom. The van der Waals surface area contributed by atoms with E-state index in [1.165, 1.54) is 17.7 Å². The van der Waals surface area contributed by atoms with Gasteiger partial charge in [-0.25, -0.2) is 0 Å². The van der Waals surface area contributed by atoms with Crippen molar-refractivity contribution in [3.63, 3.8) is 0 Å². The lowest BCUT2D eigenvalue weighted by Crippen LogP contribution is -2.13. The van der Waals surface area contributed by atoms with Crippen LogP contribution >= 0.6 is 11.6 Å². The molecule has 1 aliphatic rings. The SMILES string of the molecule is FC(F)(F)c1ccc(CCC2=NCCc3ccc(Cl)cc32)cc1. The number of aliphatic imine (C=N–C) groups is 1. The van der Waals surface area contributed by atoms with E-state index in [2.05, 4.69) is 4.99 Å². The van der Waals surface area contributed by atoms with Gasteiger partial charge < -0.3 is 0 Å². The van der Waals surface area contributed by atoms with Gasteiger partial charge in [-0.1, -0.05) is 29.8 Å². The van der Waals surface area contributed by atoms with E-state index in [-0.39, 0.29) is 0 Å². The maximum Gasteiger partial charge on any atom is 0.416 e. The summed E-state index contributed by atoms with van der Waals surface area (Å²) in [6.45, 7) is 0.747. The van der Waals surface area contributed by atoms with Crippen LogP contribution in [0.3, 0.4) is 0 Å². The number of hydrogen-bond donors (Lipinski definition) is 0. The molecule has 1 aliphatic heterocycles. The topological polar surface area (TPSA) is 12.4 Å². The molecule has 0 atom stereocenters. The van der Waals surface area contributed by atoms with Crippen molar-refractivity contribution >= 4 is 17.3 Å². The molecule has 0 unspecified atom stereocenters. The van der Waals surface area contributed by atoms with E-state index in [9.17, 15) is 13.2 Å². The van der Waals surface area contributed by atoms with Crippen molar-refractivity contribution in [2.45, 2.75) is 25.4 Å². The van der Waals surface area contributed by atoms with Crippen molar-refractivity contribution < 1.29 is 13.2 Å². The van der Waals surface area contributed by atoms with Crippen molar-refractivity contribution in [1.82, 2.24) is 0 Å². The Labute approximate surface area is 137 Å². The molecule has 0 spiro atoms. The molecule has 2 aromatic rings. The van der Waals surface area contributed by atoms with E-state index >= 15 is 0 Å². The van der Waals surface area contributed by atoms with Gasteiger partial charge in [-0.3, -0.25) is 4.99 Å². The van der Waals surface area contributed by atoms with Crippen LogP contribution in [0.1, 0.15) is 28.7 Å². The first-order valence-electron chi connectivity index (χ1n) is 7.42. The fraction of sp³-hybridized carbons (Fsp3) is 0.278. The highest BCUT2D eigenvalue weighted by Crippen LogP contribution is 2.29. The van der Waals surface area contributed by atoms with Gasteiger partial charge in [0.25, 0.3) is 0 Å². The Balaban J connectivity index is 1.72. The highest BCUT2D eigenvalue weighted by atomic mass is 35.5. The summed E-state index contributed by atoms with van der Waals surface area (Å²) in [6, 6.07) is 11.1. The van der Waals surface area contributed by atoms with Gasteiger partial charge in [0.05, 0.1) is 5.56 Å². The maximum atomic E-state index is 12.6. The van der Waals surface area contributed by atoms with E-state index in [1.54, 1.807) is 0 Å². The van der Waals surface area contributed by atoms with Crippen LogP contribution in [0.5, 0.6) is 0 Å². The summed E-state index contributed by atoms with van der Waals surface area (Å²) in [7, 11) is 0. The Kier molecular flexibility index (Phi) is 4.44. The zero-order valence-electron chi connectivity index (χ0n) is 12.3. The van der Waals surface area contributed by atoms with Crippen LogP contribution in [0.15, 0.2) is 47.5 Å². The Bertz CT molecular complexity index is 733. The molecule has 0 radical (unpaired) electrons. The molecule has 0 aliphatic carbocycles. The number of halogens is 4. The lowest BCUT2D eigenvalue weighted by atomic mass is 9.94. The molecule has 0 bridgehead atoms. The molecule has 0 N–H and O–H groups in total. The molecule has 1 nitrogen and oxygen atoms in total. The van der Waals surface area contributed by atoms with E-state index in [0.717, 1.165) is 41.9 Å². The summed E-state index contributed by atoms with van der Waals surface area (Å²) < 4.78 is 37.7. The lowest BCUT2D eigenvalue weighted by molar-refractivity contribution is -0.137. The van der Waals surface area contributed by atoms with Gasteiger partial charge in [-0.2, -0.15) is 13.2 Å². The number of nitrogens with zero attached hydrogens (tertiary/aromatic N) is 1. The standard InChI is InChI=1S/C18H15ClF3N/c19-15-7-4-13-9-10-23-17(16(13)11-15)8-3-12-1-5-14(6-2-12)18(20,21)22/h1-2,4-7,11H,3,8-10H2. The van der Waals surface area contributed by atoms with Gasteiger partial charge in [0.15, 0.2) is 0 Å².